The van der Waals surface area contributed by atoms with Gasteiger partial charge in [0, 0.05) is 37.0 Å². The van der Waals surface area contributed by atoms with Crippen LogP contribution >= 0.6 is 11.6 Å². The first-order valence-electron chi connectivity index (χ1n) is 6.40. The van der Waals surface area contributed by atoms with Crippen LogP contribution in [-0.4, -0.2) is 33.4 Å². The first kappa shape index (κ1) is 13.7. The van der Waals surface area contributed by atoms with Gasteiger partial charge in [0.1, 0.15) is 0 Å². The third-order valence-electron chi connectivity index (χ3n) is 3.73. The molecule has 0 bridgehead atoms. The van der Waals surface area contributed by atoms with Gasteiger partial charge in [0.2, 0.25) is 0 Å². The quantitative estimate of drug-likeness (QED) is 0.909. The molecule has 1 aromatic carbocycles. The maximum Gasteiger partial charge on any atom is 0.0762 e. The molecule has 1 aliphatic rings. The van der Waals surface area contributed by atoms with E-state index in [1.54, 1.807) is 7.11 Å². The Hall–Kier alpha value is -0.770. The number of anilines is 1. The molecular formula is C14H21ClN2O. The van der Waals surface area contributed by atoms with E-state index >= 15 is 0 Å². The van der Waals surface area contributed by atoms with E-state index in [-0.39, 0.29) is 6.04 Å². The predicted octanol–water partition coefficient (Wildman–Crippen LogP) is 2.85. The summed E-state index contributed by atoms with van der Waals surface area (Å²) in [6.07, 6.45) is 1.43. The summed E-state index contributed by atoms with van der Waals surface area (Å²) >= 11 is 6.35. The second kappa shape index (κ2) is 5.91. The lowest BCUT2D eigenvalue weighted by Gasteiger charge is -2.20. The third kappa shape index (κ3) is 2.79. The zero-order valence-corrected chi connectivity index (χ0v) is 12.0. The molecule has 0 aromatic heterocycles. The van der Waals surface area contributed by atoms with Gasteiger partial charge in [0.15, 0.2) is 0 Å². The molecule has 1 aromatic rings. The van der Waals surface area contributed by atoms with Crippen LogP contribution in [0, 0.1) is 0 Å². The molecule has 0 aliphatic carbocycles. The van der Waals surface area contributed by atoms with Gasteiger partial charge >= 0.3 is 0 Å². The molecule has 3 nitrogen and oxygen atoms in total. The number of hydrogen-bond acceptors (Lipinski definition) is 3. The molecule has 4 heteroatoms. The monoisotopic (exact) mass is 268 g/mol. The van der Waals surface area contributed by atoms with Crippen molar-refractivity contribution in [3.05, 3.63) is 28.8 Å². The molecule has 1 N–H and O–H groups in total. The van der Waals surface area contributed by atoms with Crippen LogP contribution in [0.1, 0.15) is 24.9 Å². The zero-order chi connectivity index (χ0) is 13.1. The Bertz CT molecular complexity index is 411. The van der Waals surface area contributed by atoms with E-state index in [0.717, 1.165) is 30.1 Å². The van der Waals surface area contributed by atoms with Gasteiger partial charge in [-0.1, -0.05) is 17.7 Å². The molecule has 1 heterocycles. The van der Waals surface area contributed by atoms with Crippen LogP contribution in [-0.2, 0) is 4.74 Å². The van der Waals surface area contributed by atoms with Crippen LogP contribution < -0.4 is 10.2 Å². The summed E-state index contributed by atoms with van der Waals surface area (Å²) in [6.45, 7) is 4.10. The van der Waals surface area contributed by atoms with Crippen molar-refractivity contribution in [2.45, 2.75) is 25.5 Å². The van der Waals surface area contributed by atoms with E-state index in [4.69, 9.17) is 16.3 Å². The molecule has 1 fully saturated rings. The second-order valence-corrected chi connectivity index (χ2v) is 5.22. The SMILES string of the molecule is CNC(C)c1ccc(N2CCC(OC)C2)cc1Cl. The minimum Gasteiger partial charge on any atom is -0.380 e. The third-order valence-corrected chi connectivity index (χ3v) is 4.05. The second-order valence-electron chi connectivity index (χ2n) is 4.81. The lowest BCUT2D eigenvalue weighted by atomic mass is 10.1. The average Bonchev–Trinajstić information content (AvgIpc) is 2.86. The van der Waals surface area contributed by atoms with Crippen molar-refractivity contribution in [1.82, 2.24) is 5.32 Å². The van der Waals surface area contributed by atoms with Crippen LogP contribution in [0.2, 0.25) is 5.02 Å². The molecule has 100 valence electrons. The predicted molar refractivity (Wildman–Crippen MR) is 76.6 cm³/mol. The lowest BCUT2D eigenvalue weighted by Crippen LogP contribution is -2.22. The number of nitrogens with one attached hydrogen (secondary N) is 1. The maximum absolute atomic E-state index is 6.35. The summed E-state index contributed by atoms with van der Waals surface area (Å²) in [4.78, 5) is 2.33. The fraction of sp³-hybridized carbons (Fsp3) is 0.571. The molecule has 0 amide bonds. The van der Waals surface area contributed by atoms with Gasteiger partial charge in [-0.3, -0.25) is 0 Å². The normalized spacial score (nSPS) is 21.3. The highest BCUT2D eigenvalue weighted by molar-refractivity contribution is 6.31. The van der Waals surface area contributed by atoms with Crippen molar-refractivity contribution in [3.63, 3.8) is 0 Å². The van der Waals surface area contributed by atoms with Crippen LogP contribution in [0.25, 0.3) is 0 Å². The van der Waals surface area contributed by atoms with Crippen molar-refractivity contribution < 1.29 is 4.74 Å². The van der Waals surface area contributed by atoms with Crippen LogP contribution in [0.4, 0.5) is 5.69 Å². The smallest absolute Gasteiger partial charge is 0.0762 e. The van der Waals surface area contributed by atoms with E-state index in [0.29, 0.717) is 6.10 Å². The highest BCUT2D eigenvalue weighted by Gasteiger charge is 2.22. The Morgan fingerprint density at radius 3 is 2.83 bits per heavy atom. The summed E-state index contributed by atoms with van der Waals surface area (Å²) in [5.74, 6) is 0. The summed E-state index contributed by atoms with van der Waals surface area (Å²) in [5, 5.41) is 4.04. The summed E-state index contributed by atoms with van der Waals surface area (Å²) in [7, 11) is 3.72. The van der Waals surface area contributed by atoms with Crippen molar-refractivity contribution in [2.75, 3.05) is 32.1 Å². The Labute approximate surface area is 114 Å². The maximum atomic E-state index is 6.35. The lowest BCUT2D eigenvalue weighted by molar-refractivity contribution is 0.121. The Morgan fingerprint density at radius 1 is 1.50 bits per heavy atom. The summed E-state index contributed by atoms with van der Waals surface area (Å²) in [6, 6.07) is 6.59. The van der Waals surface area contributed by atoms with E-state index in [9.17, 15) is 0 Å². The number of methoxy groups -OCH3 is 1. The largest absolute Gasteiger partial charge is 0.380 e. The van der Waals surface area contributed by atoms with Crippen LogP contribution in [0.15, 0.2) is 18.2 Å². The minimum atomic E-state index is 0.275. The first-order chi connectivity index (χ1) is 8.65. The molecule has 1 saturated heterocycles. The highest BCUT2D eigenvalue weighted by atomic mass is 35.5. The first-order valence-corrected chi connectivity index (χ1v) is 6.78. The van der Waals surface area contributed by atoms with Gasteiger partial charge in [0.05, 0.1) is 6.10 Å². The Morgan fingerprint density at radius 2 is 2.28 bits per heavy atom. The topological polar surface area (TPSA) is 24.5 Å². The standard InChI is InChI=1S/C14H21ClN2O/c1-10(16-2)13-5-4-11(8-14(13)15)17-7-6-12(9-17)18-3/h4-5,8,10,12,16H,6-7,9H2,1-3H3. The molecule has 2 atom stereocenters. The molecule has 18 heavy (non-hydrogen) atoms. The van der Waals surface area contributed by atoms with Crippen molar-refractivity contribution >= 4 is 17.3 Å². The van der Waals surface area contributed by atoms with E-state index in [1.807, 2.05) is 7.05 Å². The van der Waals surface area contributed by atoms with E-state index in [2.05, 4.69) is 35.3 Å². The molecule has 0 saturated carbocycles. The molecule has 0 radical (unpaired) electrons. The zero-order valence-electron chi connectivity index (χ0n) is 11.2. The van der Waals surface area contributed by atoms with Gasteiger partial charge in [-0.2, -0.15) is 0 Å². The molecule has 0 spiro atoms. The van der Waals surface area contributed by atoms with Crippen LogP contribution in [0.3, 0.4) is 0 Å². The van der Waals surface area contributed by atoms with Gasteiger partial charge in [-0.05, 0) is 38.1 Å². The van der Waals surface area contributed by atoms with Gasteiger partial charge in [-0.25, -0.2) is 0 Å². The fourth-order valence-corrected chi connectivity index (χ4v) is 2.71. The Kier molecular flexibility index (Phi) is 4.49. The fourth-order valence-electron chi connectivity index (χ4n) is 2.37. The van der Waals surface area contributed by atoms with Gasteiger partial charge in [-0.15, -0.1) is 0 Å². The van der Waals surface area contributed by atoms with E-state index < -0.39 is 0 Å². The number of nitrogens with zero attached hydrogens (tertiary/aromatic N) is 1. The number of rotatable bonds is 4. The number of benzene rings is 1. The highest BCUT2D eigenvalue weighted by Crippen LogP contribution is 2.29. The molecular weight excluding hydrogens is 248 g/mol. The Balaban J connectivity index is 2.14. The minimum absolute atomic E-state index is 0.275. The van der Waals surface area contributed by atoms with Crippen molar-refractivity contribution in [3.8, 4) is 0 Å². The number of hydrogen-bond donors (Lipinski definition) is 1. The van der Waals surface area contributed by atoms with E-state index in [1.165, 1.54) is 5.69 Å². The van der Waals surface area contributed by atoms with Crippen molar-refractivity contribution in [1.29, 1.82) is 0 Å². The van der Waals surface area contributed by atoms with Gasteiger partial charge < -0.3 is 15.0 Å². The summed E-state index contributed by atoms with van der Waals surface area (Å²) in [5.41, 5.74) is 2.33. The molecule has 2 unspecified atom stereocenters. The number of ether oxygens (including phenoxy) is 1. The molecule has 2 rings (SSSR count). The van der Waals surface area contributed by atoms with Crippen LogP contribution in [0.5, 0.6) is 0 Å². The summed E-state index contributed by atoms with van der Waals surface area (Å²) < 4.78 is 5.39. The average molecular weight is 269 g/mol. The van der Waals surface area contributed by atoms with Gasteiger partial charge in [0.25, 0.3) is 0 Å². The van der Waals surface area contributed by atoms with Crippen molar-refractivity contribution in [2.24, 2.45) is 0 Å². The molecule has 1 aliphatic heterocycles. The number of halogens is 1.